The summed E-state index contributed by atoms with van der Waals surface area (Å²) in [4.78, 5) is 10.6. The molecule has 2 heteroatoms. The van der Waals surface area contributed by atoms with Crippen LogP contribution >= 0.6 is 0 Å². The molecule has 0 heterocycles. The third-order valence-corrected chi connectivity index (χ3v) is 3.46. The first-order valence-corrected chi connectivity index (χ1v) is 7.39. The van der Waals surface area contributed by atoms with Gasteiger partial charge in [-0.1, -0.05) is 59.3 Å². The number of carbonyl (C=O) groups is 1. The Morgan fingerprint density at radius 3 is 1.76 bits per heavy atom. The topological polar surface area (TPSA) is 26.3 Å². The van der Waals surface area contributed by atoms with Gasteiger partial charge in [0.1, 0.15) is 6.10 Å². The van der Waals surface area contributed by atoms with Crippen LogP contribution in [0.25, 0.3) is 0 Å². The van der Waals surface area contributed by atoms with Gasteiger partial charge in [0.2, 0.25) is 0 Å². The summed E-state index contributed by atoms with van der Waals surface area (Å²) in [7, 11) is 0. The summed E-state index contributed by atoms with van der Waals surface area (Å²) in [6.45, 7) is 7.27. The molecule has 0 N–H and O–H groups in total. The highest BCUT2D eigenvalue weighted by atomic mass is 16.5. The molecular formula is C15H30O2. The van der Waals surface area contributed by atoms with Crippen molar-refractivity contribution in [1.29, 1.82) is 0 Å². The van der Waals surface area contributed by atoms with Crippen LogP contribution in [0.15, 0.2) is 0 Å². The molecule has 0 fully saturated rings. The van der Waals surface area contributed by atoms with Gasteiger partial charge in [0.15, 0.2) is 0 Å². The molecule has 0 aliphatic rings. The second-order valence-corrected chi connectivity index (χ2v) is 4.96. The number of ether oxygens (including phenoxy) is 1. The Kier molecular flexibility index (Phi) is 11.6. The normalized spacial score (nSPS) is 12.7. The van der Waals surface area contributed by atoms with Crippen LogP contribution in [0.2, 0.25) is 0 Å². The molecule has 17 heavy (non-hydrogen) atoms. The van der Waals surface area contributed by atoms with Crippen molar-refractivity contribution in [3.05, 3.63) is 0 Å². The van der Waals surface area contributed by atoms with Gasteiger partial charge >= 0.3 is 0 Å². The first kappa shape index (κ1) is 16.5. The Balaban J connectivity index is 4.25. The summed E-state index contributed by atoms with van der Waals surface area (Å²) in [5.41, 5.74) is 0. The van der Waals surface area contributed by atoms with Gasteiger partial charge in [-0.3, -0.25) is 4.79 Å². The fraction of sp³-hybridized carbons (Fsp3) is 0.933. The molecule has 0 spiro atoms. The summed E-state index contributed by atoms with van der Waals surface area (Å²) in [6, 6.07) is 0. The zero-order valence-electron chi connectivity index (χ0n) is 11.9. The minimum Gasteiger partial charge on any atom is -0.464 e. The molecule has 2 nitrogen and oxygen atoms in total. The van der Waals surface area contributed by atoms with Crippen molar-refractivity contribution in [3.63, 3.8) is 0 Å². The van der Waals surface area contributed by atoms with Gasteiger partial charge in [-0.05, 0) is 25.2 Å². The van der Waals surface area contributed by atoms with Crippen molar-refractivity contribution < 1.29 is 9.53 Å². The van der Waals surface area contributed by atoms with Crippen LogP contribution in [0.3, 0.4) is 0 Å². The van der Waals surface area contributed by atoms with E-state index in [9.17, 15) is 4.79 Å². The number of carbonyl (C=O) groups excluding carboxylic acids is 1. The van der Waals surface area contributed by atoms with Crippen molar-refractivity contribution in [2.45, 2.75) is 84.7 Å². The molecule has 0 bridgehead atoms. The van der Waals surface area contributed by atoms with E-state index >= 15 is 0 Å². The lowest BCUT2D eigenvalue weighted by Crippen LogP contribution is -2.24. The summed E-state index contributed by atoms with van der Waals surface area (Å²) < 4.78 is 5.32. The average Bonchev–Trinajstić information content (AvgIpc) is 2.35. The van der Waals surface area contributed by atoms with E-state index < -0.39 is 0 Å². The van der Waals surface area contributed by atoms with Gasteiger partial charge in [0.05, 0.1) is 0 Å². The molecule has 0 aromatic carbocycles. The molecule has 0 aromatic rings. The van der Waals surface area contributed by atoms with Crippen LogP contribution < -0.4 is 0 Å². The highest BCUT2D eigenvalue weighted by Gasteiger charge is 2.21. The van der Waals surface area contributed by atoms with E-state index in [0.29, 0.717) is 12.4 Å². The largest absolute Gasteiger partial charge is 0.464 e. The standard InChI is InChI=1S/C15H30O2/c1-4-7-10-14(11-8-5-2)15(17-13-16)12-9-6-3/h13-15H,4-12H2,1-3H3. The minimum atomic E-state index is 0.158. The fourth-order valence-electron chi connectivity index (χ4n) is 2.34. The summed E-state index contributed by atoms with van der Waals surface area (Å²) in [5.74, 6) is 0.576. The smallest absolute Gasteiger partial charge is 0.293 e. The number of rotatable bonds is 12. The third kappa shape index (κ3) is 8.23. The van der Waals surface area contributed by atoms with Gasteiger partial charge in [-0.15, -0.1) is 0 Å². The molecule has 0 radical (unpaired) electrons. The zero-order valence-corrected chi connectivity index (χ0v) is 11.9. The molecule has 0 saturated carbocycles. The Morgan fingerprint density at radius 1 is 0.882 bits per heavy atom. The summed E-state index contributed by atoms with van der Waals surface area (Å²) >= 11 is 0. The Labute approximate surface area is 107 Å². The molecule has 0 amide bonds. The van der Waals surface area contributed by atoms with Crippen LogP contribution in [-0.4, -0.2) is 12.6 Å². The van der Waals surface area contributed by atoms with E-state index in [1.54, 1.807) is 0 Å². The van der Waals surface area contributed by atoms with E-state index in [-0.39, 0.29) is 6.10 Å². The van der Waals surface area contributed by atoms with Crippen LogP contribution in [0.4, 0.5) is 0 Å². The maximum Gasteiger partial charge on any atom is 0.293 e. The molecule has 0 saturated heterocycles. The van der Waals surface area contributed by atoms with E-state index in [0.717, 1.165) is 12.8 Å². The number of unbranched alkanes of at least 4 members (excludes halogenated alkanes) is 3. The average molecular weight is 242 g/mol. The Bertz CT molecular complexity index is 160. The minimum absolute atomic E-state index is 0.158. The van der Waals surface area contributed by atoms with Gasteiger partial charge < -0.3 is 4.74 Å². The predicted octanol–water partition coefficient (Wildman–Crippen LogP) is 4.71. The van der Waals surface area contributed by atoms with Gasteiger partial charge in [-0.2, -0.15) is 0 Å². The molecule has 1 atom stereocenters. The first-order valence-electron chi connectivity index (χ1n) is 7.39. The first-order chi connectivity index (χ1) is 8.29. The van der Waals surface area contributed by atoms with Crippen LogP contribution in [-0.2, 0) is 9.53 Å². The second-order valence-electron chi connectivity index (χ2n) is 4.96. The van der Waals surface area contributed by atoms with E-state index in [4.69, 9.17) is 4.74 Å². The van der Waals surface area contributed by atoms with Gasteiger partial charge in [0, 0.05) is 0 Å². The molecule has 102 valence electrons. The van der Waals surface area contributed by atoms with Gasteiger partial charge in [-0.25, -0.2) is 0 Å². The number of hydrogen-bond acceptors (Lipinski definition) is 2. The lowest BCUT2D eigenvalue weighted by Gasteiger charge is -2.25. The molecular weight excluding hydrogens is 212 g/mol. The number of hydrogen-bond donors (Lipinski definition) is 0. The second kappa shape index (κ2) is 11.9. The zero-order chi connectivity index (χ0) is 12.9. The summed E-state index contributed by atoms with van der Waals surface area (Å²) in [6.07, 6.45) is 10.9. The molecule has 0 aliphatic heterocycles. The fourth-order valence-corrected chi connectivity index (χ4v) is 2.34. The van der Waals surface area contributed by atoms with Crippen molar-refractivity contribution in [2.75, 3.05) is 0 Å². The molecule has 0 aliphatic carbocycles. The van der Waals surface area contributed by atoms with Crippen molar-refractivity contribution in [2.24, 2.45) is 5.92 Å². The molecule has 1 unspecified atom stereocenters. The molecule has 0 aromatic heterocycles. The maximum absolute atomic E-state index is 10.6. The highest BCUT2D eigenvalue weighted by Crippen LogP contribution is 2.25. The predicted molar refractivity (Wildman–Crippen MR) is 73.0 cm³/mol. The van der Waals surface area contributed by atoms with Crippen molar-refractivity contribution in [3.8, 4) is 0 Å². The quantitative estimate of drug-likeness (QED) is 0.463. The van der Waals surface area contributed by atoms with Crippen molar-refractivity contribution in [1.82, 2.24) is 0 Å². The Morgan fingerprint density at radius 2 is 1.35 bits per heavy atom. The SMILES string of the molecule is CCCCC(CCCC)C(CCCC)OC=O. The van der Waals surface area contributed by atoms with E-state index in [1.165, 1.54) is 44.9 Å². The Hall–Kier alpha value is -0.530. The molecule has 0 rings (SSSR count). The lowest BCUT2D eigenvalue weighted by atomic mass is 9.88. The highest BCUT2D eigenvalue weighted by molar-refractivity contribution is 5.37. The van der Waals surface area contributed by atoms with Gasteiger partial charge in [0.25, 0.3) is 6.47 Å². The van der Waals surface area contributed by atoms with E-state index in [1.807, 2.05) is 0 Å². The van der Waals surface area contributed by atoms with Crippen LogP contribution in [0.5, 0.6) is 0 Å². The third-order valence-electron chi connectivity index (χ3n) is 3.46. The maximum atomic E-state index is 10.6. The van der Waals surface area contributed by atoms with Crippen LogP contribution in [0.1, 0.15) is 78.6 Å². The summed E-state index contributed by atoms with van der Waals surface area (Å²) in [5, 5.41) is 0. The lowest BCUT2D eigenvalue weighted by molar-refractivity contribution is -0.137. The monoisotopic (exact) mass is 242 g/mol. The van der Waals surface area contributed by atoms with Crippen LogP contribution in [0, 0.1) is 5.92 Å². The van der Waals surface area contributed by atoms with E-state index in [2.05, 4.69) is 20.8 Å². The van der Waals surface area contributed by atoms with Crippen molar-refractivity contribution >= 4 is 6.47 Å².